The van der Waals surface area contributed by atoms with Crippen LogP contribution in [0.15, 0.2) is 24.4 Å². The zero-order valence-corrected chi connectivity index (χ0v) is 12.8. The number of nitrogens with one attached hydrogen (secondary N) is 1. The molecular weight excluding hydrogens is 278 g/mol. The molecule has 5 nitrogen and oxygen atoms in total. The predicted octanol–water partition coefficient (Wildman–Crippen LogP) is 3.52. The van der Waals surface area contributed by atoms with Gasteiger partial charge in [-0.1, -0.05) is 6.07 Å². The number of nitriles is 1. The zero-order chi connectivity index (χ0) is 15.7. The largest absolute Gasteiger partial charge is 0.490 e. The summed E-state index contributed by atoms with van der Waals surface area (Å²) in [6.07, 6.45) is 1.75. The van der Waals surface area contributed by atoms with Crippen molar-refractivity contribution in [3.05, 3.63) is 35.7 Å². The standard InChI is InChI=1S/C17H17N3O2/c1-10(2)22-15-6-4-5-12-17(15)16-11(9-21-3)13(7-18)19-8-14(16)20-12/h4-6,8,10,20H,9H2,1-3H3. The number of methoxy groups -OCH3 is 1. The van der Waals surface area contributed by atoms with Crippen molar-refractivity contribution in [1.82, 2.24) is 9.97 Å². The lowest BCUT2D eigenvalue weighted by molar-refractivity contribution is 0.185. The van der Waals surface area contributed by atoms with E-state index >= 15 is 0 Å². The van der Waals surface area contributed by atoms with Gasteiger partial charge in [-0.25, -0.2) is 4.98 Å². The second-order valence-electron chi connectivity index (χ2n) is 5.39. The molecule has 3 rings (SSSR count). The number of H-pyrrole nitrogens is 1. The van der Waals surface area contributed by atoms with Crippen LogP contribution in [-0.2, 0) is 11.3 Å². The highest BCUT2D eigenvalue weighted by atomic mass is 16.5. The van der Waals surface area contributed by atoms with Crippen molar-refractivity contribution in [2.24, 2.45) is 0 Å². The average molecular weight is 295 g/mol. The molecule has 0 aliphatic heterocycles. The molecule has 0 fully saturated rings. The first-order valence-electron chi connectivity index (χ1n) is 7.13. The maximum absolute atomic E-state index is 9.32. The van der Waals surface area contributed by atoms with Gasteiger partial charge in [0.15, 0.2) is 0 Å². The van der Waals surface area contributed by atoms with Crippen molar-refractivity contribution in [2.75, 3.05) is 7.11 Å². The summed E-state index contributed by atoms with van der Waals surface area (Å²) in [5.41, 5.74) is 3.01. The van der Waals surface area contributed by atoms with Gasteiger partial charge in [0.2, 0.25) is 0 Å². The van der Waals surface area contributed by atoms with Crippen LogP contribution in [0, 0.1) is 11.3 Å². The van der Waals surface area contributed by atoms with E-state index in [2.05, 4.69) is 16.0 Å². The number of benzene rings is 1. The summed E-state index contributed by atoms with van der Waals surface area (Å²) < 4.78 is 11.2. The molecule has 0 atom stereocenters. The fourth-order valence-electron chi connectivity index (χ4n) is 2.70. The molecule has 2 aromatic heterocycles. The monoisotopic (exact) mass is 295 g/mol. The molecule has 2 heterocycles. The lowest BCUT2D eigenvalue weighted by Crippen LogP contribution is -2.05. The molecule has 0 saturated carbocycles. The number of nitrogens with zero attached hydrogens (tertiary/aromatic N) is 2. The Labute approximate surface area is 128 Å². The molecule has 22 heavy (non-hydrogen) atoms. The summed E-state index contributed by atoms with van der Waals surface area (Å²) >= 11 is 0. The van der Waals surface area contributed by atoms with Crippen LogP contribution >= 0.6 is 0 Å². The summed E-state index contributed by atoms with van der Waals surface area (Å²) in [6, 6.07) is 8.02. The third-order valence-electron chi connectivity index (χ3n) is 3.48. The van der Waals surface area contributed by atoms with E-state index in [9.17, 15) is 5.26 Å². The number of fused-ring (bicyclic) bond motifs is 3. The Hall–Kier alpha value is -2.58. The number of ether oxygens (including phenoxy) is 2. The molecule has 5 heteroatoms. The minimum absolute atomic E-state index is 0.0682. The van der Waals surface area contributed by atoms with Gasteiger partial charge >= 0.3 is 0 Å². The average Bonchev–Trinajstić information content (AvgIpc) is 2.87. The predicted molar refractivity (Wildman–Crippen MR) is 84.8 cm³/mol. The van der Waals surface area contributed by atoms with Gasteiger partial charge in [-0.05, 0) is 26.0 Å². The van der Waals surface area contributed by atoms with Gasteiger partial charge in [-0.3, -0.25) is 0 Å². The molecule has 0 amide bonds. The Morgan fingerprint density at radius 3 is 2.77 bits per heavy atom. The van der Waals surface area contributed by atoms with E-state index in [1.807, 2.05) is 32.0 Å². The van der Waals surface area contributed by atoms with Crippen molar-refractivity contribution >= 4 is 21.8 Å². The summed E-state index contributed by atoms with van der Waals surface area (Å²) in [4.78, 5) is 7.55. The molecule has 1 N–H and O–H groups in total. The summed E-state index contributed by atoms with van der Waals surface area (Å²) in [5.74, 6) is 0.797. The normalized spacial score (nSPS) is 11.2. The van der Waals surface area contributed by atoms with Crippen molar-refractivity contribution in [3.8, 4) is 11.8 Å². The van der Waals surface area contributed by atoms with Crippen LogP contribution in [0.25, 0.3) is 21.8 Å². The van der Waals surface area contributed by atoms with E-state index in [4.69, 9.17) is 9.47 Å². The molecule has 0 aliphatic rings. The third-order valence-corrected chi connectivity index (χ3v) is 3.48. The van der Waals surface area contributed by atoms with E-state index in [0.717, 1.165) is 33.1 Å². The SMILES string of the molecule is COCc1c(C#N)ncc2[nH]c3cccc(OC(C)C)c3c12. The van der Waals surface area contributed by atoms with E-state index in [1.165, 1.54) is 0 Å². The first-order valence-corrected chi connectivity index (χ1v) is 7.13. The number of rotatable bonds is 4. The Bertz CT molecular complexity index is 875. The van der Waals surface area contributed by atoms with Crippen molar-refractivity contribution in [2.45, 2.75) is 26.6 Å². The fourth-order valence-corrected chi connectivity index (χ4v) is 2.70. The second kappa shape index (κ2) is 5.66. The number of hydrogen-bond acceptors (Lipinski definition) is 4. The number of aromatic nitrogens is 2. The quantitative estimate of drug-likeness (QED) is 0.799. The fraction of sp³-hybridized carbons (Fsp3) is 0.294. The highest BCUT2D eigenvalue weighted by Gasteiger charge is 2.17. The van der Waals surface area contributed by atoms with Crippen LogP contribution in [0.1, 0.15) is 25.1 Å². The third kappa shape index (κ3) is 2.28. The van der Waals surface area contributed by atoms with Gasteiger partial charge in [-0.15, -0.1) is 0 Å². The number of pyridine rings is 1. The Morgan fingerprint density at radius 2 is 2.09 bits per heavy atom. The van der Waals surface area contributed by atoms with Crippen LogP contribution in [0.5, 0.6) is 5.75 Å². The van der Waals surface area contributed by atoms with Crippen molar-refractivity contribution in [3.63, 3.8) is 0 Å². The Morgan fingerprint density at radius 1 is 1.27 bits per heavy atom. The molecule has 112 valence electrons. The number of hydrogen-bond donors (Lipinski definition) is 1. The van der Waals surface area contributed by atoms with Gasteiger partial charge in [0.05, 0.1) is 29.9 Å². The zero-order valence-electron chi connectivity index (χ0n) is 12.8. The maximum atomic E-state index is 9.32. The van der Waals surface area contributed by atoms with Crippen LogP contribution in [0.3, 0.4) is 0 Å². The van der Waals surface area contributed by atoms with Crippen molar-refractivity contribution in [1.29, 1.82) is 5.26 Å². The summed E-state index contributed by atoms with van der Waals surface area (Å²) in [7, 11) is 1.61. The van der Waals surface area contributed by atoms with E-state index in [1.54, 1.807) is 13.3 Å². The molecule has 0 saturated heterocycles. The first-order chi connectivity index (χ1) is 10.7. The first kappa shape index (κ1) is 14.4. The van der Waals surface area contributed by atoms with Gasteiger partial charge in [-0.2, -0.15) is 5.26 Å². The summed E-state index contributed by atoms with van der Waals surface area (Å²) in [6.45, 7) is 4.31. The molecule has 0 spiro atoms. The van der Waals surface area contributed by atoms with E-state index < -0.39 is 0 Å². The summed E-state index contributed by atoms with van der Waals surface area (Å²) in [5, 5.41) is 11.2. The molecule has 0 aliphatic carbocycles. The van der Waals surface area contributed by atoms with Crippen molar-refractivity contribution < 1.29 is 9.47 Å². The van der Waals surface area contributed by atoms with Gasteiger partial charge in [0, 0.05) is 23.4 Å². The lowest BCUT2D eigenvalue weighted by atomic mass is 10.1. The molecule has 0 radical (unpaired) electrons. The molecule has 0 bridgehead atoms. The smallest absolute Gasteiger partial charge is 0.146 e. The Balaban J connectivity index is 2.41. The molecular formula is C17H17N3O2. The van der Waals surface area contributed by atoms with E-state index in [-0.39, 0.29) is 6.10 Å². The van der Waals surface area contributed by atoms with Gasteiger partial charge in [0.25, 0.3) is 0 Å². The van der Waals surface area contributed by atoms with E-state index in [0.29, 0.717) is 12.3 Å². The topological polar surface area (TPSA) is 70.9 Å². The van der Waals surface area contributed by atoms with Crippen LogP contribution in [0.2, 0.25) is 0 Å². The lowest BCUT2D eigenvalue weighted by Gasteiger charge is -2.12. The highest BCUT2D eigenvalue weighted by Crippen LogP contribution is 2.36. The minimum Gasteiger partial charge on any atom is -0.490 e. The second-order valence-corrected chi connectivity index (χ2v) is 5.39. The van der Waals surface area contributed by atoms with Gasteiger partial charge < -0.3 is 14.5 Å². The molecule has 3 aromatic rings. The minimum atomic E-state index is 0.0682. The Kier molecular flexibility index (Phi) is 3.70. The highest BCUT2D eigenvalue weighted by molar-refractivity contribution is 6.12. The molecule has 0 unspecified atom stereocenters. The van der Waals surface area contributed by atoms with Crippen LogP contribution < -0.4 is 4.74 Å². The van der Waals surface area contributed by atoms with Gasteiger partial charge in [0.1, 0.15) is 17.5 Å². The van der Waals surface area contributed by atoms with Crippen LogP contribution in [-0.4, -0.2) is 23.2 Å². The maximum Gasteiger partial charge on any atom is 0.146 e. The molecule has 1 aromatic carbocycles. The number of aromatic amines is 1. The van der Waals surface area contributed by atoms with Crippen LogP contribution in [0.4, 0.5) is 0 Å².